The lowest BCUT2D eigenvalue weighted by atomic mass is 10.0. The second-order valence-electron chi connectivity index (χ2n) is 9.84. The van der Waals surface area contributed by atoms with Gasteiger partial charge in [0.05, 0.1) is 18.8 Å². The maximum Gasteiger partial charge on any atom is 0.195 e. The highest BCUT2D eigenvalue weighted by atomic mass is 16.3. The van der Waals surface area contributed by atoms with Gasteiger partial charge >= 0.3 is 0 Å². The monoisotopic (exact) mass is 538 g/mol. The van der Waals surface area contributed by atoms with Crippen molar-refractivity contribution in [2.24, 2.45) is 0 Å². The van der Waals surface area contributed by atoms with Crippen molar-refractivity contribution < 1.29 is 4.42 Å². The summed E-state index contributed by atoms with van der Waals surface area (Å²) >= 11 is 0. The minimum absolute atomic E-state index is 0.360. The summed E-state index contributed by atoms with van der Waals surface area (Å²) in [5, 5.41) is 2.14. The zero-order valence-electron chi connectivity index (χ0n) is 22.4. The standard InChI is InChI=1S/C37H22N4O/c1-38-33-19-14-28(24-34(33)39-2)26-12-17-30(18-13-26)41(29-15-10-25(11-16-29)27-20-22-40-23-21-27)35-8-5-7-32-31-6-3-4-9-36(31)42-37(32)35/h3-24H. The largest absolute Gasteiger partial charge is 0.454 e. The number of para-hydroxylation sites is 2. The minimum Gasteiger partial charge on any atom is -0.454 e. The number of rotatable bonds is 5. The lowest BCUT2D eigenvalue weighted by Gasteiger charge is -2.26. The van der Waals surface area contributed by atoms with Gasteiger partial charge < -0.3 is 9.32 Å². The zero-order chi connectivity index (χ0) is 28.5. The number of hydrogen-bond donors (Lipinski definition) is 0. The lowest BCUT2D eigenvalue weighted by molar-refractivity contribution is 0.669. The van der Waals surface area contributed by atoms with Crippen LogP contribution in [0, 0.1) is 13.1 Å². The number of nitrogens with zero attached hydrogens (tertiary/aromatic N) is 4. The van der Waals surface area contributed by atoms with Crippen LogP contribution in [0.5, 0.6) is 0 Å². The third-order valence-corrected chi connectivity index (χ3v) is 7.44. The highest BCUT2D eigenvalue weighted by Gasteiger charge is 2.19. The second-order valence-corrected chi connectivity index (χ2v) is 9.84. The third-order valence-electron chi connectivity index (χ3n) is 7.44. The van der Waals surface area contributed by atoms with Gasteiger partial charge in [-0.1, -0.05) is 72.8 Å². The Kier molecular flexibility index (Phi) is 6.17. The predicted molar refractivity (Wildman–Crippen MR) is 170 cm³/mol. The Morgan fingerprint density at radius 1 is 0.548 bits per heavy atom. The molecular weight excluding hydrogens is 516 g/mol. The Morgan fingerprint density at radius 3 is 1.83 bits per heavy atom. The number of furan rings is 1. The fraction of sp³-hybridized carbons (Fsp3) is 0. The van der Waals surface area contributed by atoms with E-state index in [4.69, 9.17) is 17.6 Å². The fourth-order valence-electron chi connectivity index (χ4n) is 5.37. The van der Waals surface area contributed by atoms with Gasteiger partial charge in [-0.25, -0.2) is 0 Å². The summed E-state index contributed by atoms with van der Waals surface area (Å²) in [6.07, 6.45) is 3.60. The number of hydrogen-bond acceptors (Lipinski definition) is 3. The molecule has 0 aliphatic heterocycles. The second kappa shape index (κ2) is 10.4. The van der Waals surface area contributed by atoms with Crippen LogP contribution in [-0.2, 0) is 0 Å². The van der Waals surface area contributed by atoms with Gasteiger partial charge in [0.15, 0.2) is 17.0 Å². The van der Waals surface area contributed by atoms with Gasteiger partial charge in [0.1, 0.15) is 5.58 Å². The molecule has 0 radical (unpaired) electrons. The van der Waals surface area contributed by atoms with Crippen molar-refractivity contribution in [2.75, 3.05) is 4.90 Å². The molecule has 0 aliphatic carbocycles. The summed E-state index contributed by atoms with van der Waals surface area (Å²) < 4.78 is 6.44. The average Bonchev–Trinajstić information content (AvgIpc) is 3.45. The molecule has 2 heterocycles. The molecule has 2 aromatic heterocycles. The molecule has 0 aliphatic rings. The first-order valence-electron chi connectivity index (χ1n) is 13.4. The lowest BCUT2D eigenvalue weighted by Crippen LogP contribution is -2.10. The number of anilines is 3. The van der Waals surface area contributed by atoms with Crippen LogP contribution in [0.25, 0.3) is 53.9 Å². The maximum absolute atomic E-state index is 7.47. The summed E-state index contributed by atoms with van der Waals surface area (Å²) in [7, 11) is 0. The van der Waals surface area contributed by atoms with Gasteiger partial charge in [-0.2, -0.15) is 0 Å². The Hall–Kier alpha value is -6.17. The van der Waals surface area contributed by atoms with Crippen LogP contribution in [0.15, 0.2) is 138 Å². The van der Waals surface area contributed by atoms with Crippen molar-refractivity contribution in [2.45, 2.75) is 0 Å². The first kappa shape index (κ1) is 24.8. The van der Waals surface area contributed by atoms with E-state index in [0.717, 1.165) is 61.3 Å². The zero-order valence-corrected chi connectivity index (χ0v) is 22.4. The Bertz CT molecular complexity index is 2150. The molecule has 0 atom stereocenters. The highest BCUT2D eigenvalue weighted by Crippen LogP contribution is 2.43. The molecule has 0 saturated carbocycles. The molecule has 0 fully saturated rings. The molecule has 7 aromatic rings. The Morgan fingerprint density at radius 2 is 1.14 bits per heavy atom. The summed E-state index contributed by atoms with van der Waals surface area (Å²) in [5.74, 6) is 0. The Labute approximate surface area is 243 Å². The van der Waals surface area contributed by atoms with E-state index in [1.165, 1.54) is 0 Å². The fourth-order valence-corrected chi connectivity index (χ4v) is 5.37. The molecule has 7 rings (SSSR count). The summed E-state index contributed by atoms with van der Waals surface area (Å²) in [6.45, 7) is 14.8. The number of pyridine rings is 1. The van der Waals surface area contributed by atoms with Crippen molar-refractivity contribution in [1.82, 2.24) is 4.98 Å². The van der Waals surface area contributed by atoms with Crippen molar-refractivity contribution in [3.8, 4) is 22.3 Å². The highest BCUT2D eigenvalue weighted by molar-refractivity contribution is 6.10. The quantitative estimate of drug-likeness (QED) is 0.205. The maximum atomic E-state index is 7.47. The summed E-state index contributed by atoms with van der Waals surface area (Å²) in [5.41, 5.74) is 9.36. The van der Waals surface area contributed by atoms with Gasteiger partial charge in [0.25, 0.3) is 0 Å². The van der Waals surface area contributed by atoms with E-state index in [2.05, 4.69) is 80.2 Å². The van der Waals surface area contributed by atoms with Crippen molar-refractivity contribution in [1.29, 1.82) is 0 Å². The molecule has 5 heteroatoms. The van der Waals surface area contributed by atoms with Gasteiger partial charge in [-0.15, -0.1) is 0 Å². The first-order chi connectivity index (χ1) is 20.7. The molecule has 42 heavy (non-hydrogen) atoms. The summed E-state index contributed by atoms with van der Waals surface area (Å²) in [6, 6.07) is 40.5. The predicted octanol–water partition coefficient (Wildman–Crippen LogP) is 10.9. The van der Waals surface area contributed by atoms with Crippen LogP contribution >= 0.6 is 0 Å². The third kappa shape index (κ3) is 4.32. The number of fused-ring (bicyclic) bond motifs is 3. The number of benzene rings is 5. The molecule has 0 N–H and O–H groups in total. The van der Waals surface area contributed by atoms with Crippen LogP contribution in [0.1, 0.15) is 0 Å². The van der Waals surface area contributed by atoms with Crippen LogP contribution in [0.4, 0.5) is 28.4 Å². The van der Waals surface area contributed by atoms with Crippen molar-refractivity contribution >= 4 is 50.4 Å². The van der Waals surface area contributed by atoms with E-state index in [9.17, 15) is 0 Å². The van der Waals surface area contributed by atoms with Crippen LogP contribution in [-0.4, -0.2) is 4.98 Å². The van der Waals surface area contributed by atoms with E-state index < -0.39 is 0 Å². The molecule has 5 aromatic carbocycles. The van der Waals surface area contributed by atoms with Crippen molar-refractivity contribution in [3.05, 3.63) is 157 Å². The van der Waals surface area contributed by atoms with Gasteiger partial charge in [-0.05, 0) is 70.8 Å². The number of aromatic nitrogens is 1. The summed E-state index contributed by atoms with van der Waals surface area (Å²) in [4.78, 5) is 13.4. The smallest absolute Gasteiger partial charge is 0.195 e. The topological polar surface area (TPSA) is 38.0 Å². The van der Waals surface area contributed by atoms with Crippen LogP contribution in [0.3, 0.4) is 0 Å². The minimum atomic E-state index is 0.360. The van der Waals surface area contributed by atoms with E-state index in [1.807, 2.05) is 48.5 Å². The molecule has 0 amide bonds. The van der Waals surface area contributed by atoms with Crippen LogP contribution in [0.2, 0.25) is 0 Å². The van der Waals surface area contributed by atoms with Gasteiger partial charge in [-0.3, -0.25) is 14.7 Å². The van der Waals surface area contributed by atoms with E-state index in [1.54, 1.807) is 24.5 Å². The van der Waals surface area contributed by atoms with E-state index in [0.29, 0.717) is 11.4 Å². The molecule has 0 spiro atoms. The molecule has 196 valence electrons. The van der Waals surface area contributed by atoms with E-state index >= 15 is 0 Å². The van der Waals surface area contributed by atoms with Gasteiger partial charge in [0, 0.05) is 34.5 Å². The molecule has 0 bridgehead atoms. The molecule has 0 unspecified atom stereocenters. The van der Waals surface area contributed by atoms with Crippen LogP contribution < -0.4 is 4.90 Å². The first-order valence-corrected chi connectivity index (χ1v) is 13.4. The van der Waals surface area contributed by atoms with Crippen molar-refractivity contribution in [3.63, 3.8) is 0 Å². The van der Waals surface area contributed by atoms with Gasteiger partial charge in [0.2, 0.25) is 0 Å². The molecule has 0 saturated heterocycles. The normalized spacial score (nSPS) is 10.8. The molecule has 5 nitrogen and oxygen atoms in total. The molecular formula is C37H22N4O. The Balaban J connectivity index is 1.36. The average molecular weight is 539 g/mol. The SMILES string of the molecule is [C-]#[N+]c1ccc(-c2ccc(N(c3ccc(-c4ccncc4)cc3)c3cccc4c3oc3ccccc34)cc2)cc1[N+]#[C-]. The van der Waals surface area contributed by atoms with E-state index in [-0.39, 0.29) is 0 Å².